The Balaban J connectivity index is 1.61. The van der Waals surface area contributed by atoms with Crippen LogP contribution in [0.2, 0.25) is 0 Å². The van der Waals surface area contributed by atoms with E-state index in [9.17, 15) is 9.59 Å². The molecule has 0 spiro atoms. The van der Waals surface area contributed by atoms with Crippen molar-refractivity contribution in [3.63, 3.8) is 0 Å². The summed E-state index contributed by atoms with van der Waals surface area (Å²) in [5.41, 5.74) is 4.59. The number of anilines is 1. The lowest BCUT2D eigenvalue weighted by molar-refractivity contribution is -0.119. The Hall–Kier alpha value is -2.93. The lowest BCUT2D eigenvalue weighted by atomic mass is 10.0. The van der Waals surface area contributed by atoms with Crippen LogP contribution in [-0.4, -0.2) is 28.7 Å². The SMILES string of the molecule is CCc1cccc(CC)c1NC(=O)COC(=O)c1cc(-c2ccc(Br)cc2)n[nH]1. The molecule has 1 amide bonds. The first-order valence-electron chi connectivity index (χ1n) is 9.40. The highest BCUT2D eigenvalue weighted by Gasteiger charge is 2.16. The van der Waals surface area contributed by atoms with Crippen molar-refractivity contribution in [3.8, 4) is 11.3 Å². The molecule has 1 aromatic heterocycles. The third-order valence-electron chi connectivity index (χ3n) is 4.54. The van der Waals surface area contributed by atoms with Crippen LogP contribution in [0.5, 0.6) is 0 Å². The van der Waals surface area contributed by atoms with Crippen molar-refractivity contribution in [2.75, 3.05) is 11.9 Å². The number of halogens is 1. The van der Waals surface area contributed by atoms with E-state index in [-0.39, 0.29) is 18.2 Å². The van der Waals surface area contributed by atoms with Crippen LogP contribution in [0.1, 0.15) is 35.5 Å². The number of carbonyl (C=O) groups is 2. The molecule has 2 aromatic carbocycles. The van der Waals surface area contributed by atoms with E-state index in [0.717, 1.165) is 39.7 Å². The summed E-state index contributed by atoms with van der Waals surface area (Å²) in [6, 6.07) is 15.1. The summed E-state index contributed by atoms with van der Waals surface area (Å²) in [4.78, 5) is 24.6. The third kappa shape index (κ3) is 5.12. The number of aryl methyl sites for hydroxylation is 2. The number of nitrogens with one attached hydrogen (secondary N) is 2. The Morgan fingerprint density at radius 2 is 1.72 bits per heavy atom. The van der Waals surface area contributed by atoms with Gasteiger partial charge in [-0.05, 0) is 42.2 Å². The van der Waals surface area contributed by atoms with Gasteiger partial charge in [0.25, 0.3) is 5.91 Å². The zero-order valence-electron chi connectivity index (χ0n) is 16.3. The van der Waals surface area contributed by atoms with Gasteiger partial charge in [-0.2, -0.15) is 5.10 Å². The van der Waals surface area contributed by atoms with Gasteiger partial charge < -0.3 is 10.1 Å². The normalized spacial score (nSPS) is 10.6. The number of amides is 1. The summed E-state index contributed by atoms with van der Waals surface area (Å²) in [5, 5.41) is 9.67. The maximum atomic E-state index is 12.3. The summed E-state index contributed by atoms with van der Waals surface area (Å²) in [5.74, 6) is -1.00. The summed E-state index contributed by atoms with van der Waals surface area (Å²) in [7, 11) is 0. The number of aromatic nitrogens is 2. The number of rotatable bonds is 7. The quantitative estimate of drug-likeness (QED) is 0.503. The zero-order chi connectivity index (χ0) is 20.8. The molecule has 7 heteroatoms. The van der Waals surface area contributed by atoms with Crippen LogP contribution in [0.15, 0.2) is 53.0 Å². The third-order valence-corrected chi connectivity index (χ3v) is 5.06. The monoisotopic (exact) mass is 455 g/mol. The molecule has 2 N–H and O–H groups in total. The van der Waals surface area contributed by atoms with Crippen molar-refractivity contribution >= 4 is 33.5 Å². The number of nitrogens with zero attached hydrogens (tertiary/aromatic N) is 1. The Morgan fingerprint density at radius 1 is 1.07 bits per heavy atom. The van der Waals surface area contributed by atoms with E-state index in [2.05, 4.69) is 31.4 Å². The predicted molar refractivity (Wildman–Crippen MR) is 116 cm³/mol. The highest BCUT2D eigenvalue weighted by atomic mass is 79.9. The van der Waals surface area contributed by atoms with Gasteiger partial charge in [0.1, 0.15) is 5.69 Å². The lowest BCUT2D eigenvalue weighted by Crippen LogP contribution is -2.22. The molecule has 1 heterocycles. The largest absolute Gasteiger partial charge is 0.451 e. The van der Waals surface area contributed by atoms with Gasteiger partial charge in [-0.3, -0.25) is 9.89 Å². The average molecular weight is 456 g/mol. The first kappa shape index (κ1) is 20.8. The molecule has 0 radical (unpaired) electrons. The number of H-pyrrole nitrogens is 1. The fourth-order valence-corrected chi connectivity index (χ4v) is 3.25. The maximum absolute atomic E-state index is 12.3. The predicted octanol–water partition coefficient (Wildman–Crippen LogP) is 4.76. The maximum Gasteiger partial charge on any atom is 0.356 e. The zero-order valence-corrected chi connectivity index (χ0v) is 17.9. The fraction of sp³-hybridized carbons (Fsp3) is 0.227. The van der Waals surface area contributed by atoms with Crippen molar-refractivity contribution in [1.82, 2.24) is 10.2 Å². The second-order valence-electron chi connectivity index (χ2n) is 6.46. The Labute approximate surface area is 177 Å². The molecule has 0 fully saturated rings. The van der Waals surface area contributed by atoms with Gasteiger partial charge in [-0.25, -0.2) is 4.79 Å². The first-order chi connectivity index (χ1) is 14.0. The summed E-state index contributed by atoms with van der Waals surface area (Å²) in [6.45, 7) is 3.70. The van der Waals surface area contributed by atoms with E-state index in [1.807, 2.05) is 56.3 Å². The van der Waals surface area contributed by atoms with Gasteiger partial charge in [0.2, 0.25) is 0 Å². The van der Waals surface area contributed by atoms with Crippen molar-refractivity contribution in [2.24, 2.45) is 0 Å². The molecule has 0 aliphatic carbocycles. The number of hydrogen-bond acceptors (Lipinski definition) is 4. The number of benzene rings is 2. The van der Waals surface area contributed by atoms with Gasteiger partial charge >= 0.3 is 5.97 Å². The van der Waals surface area contributed by atoms with Gasteiger partial charge in [0.05, 0.1) is 5.69 Å². The molecule has 3 rings (SSSR count). The minimum Gasteiger partial charge on any atom is -0.451 e. The summed E-state index contributed by atoms with van der Waals surface area (Å²) >= 11 is 3.38. The van der Waals surface area contributed by atoms with Crippen LogP contribution in [-0.2, 0) is 22.4 Å². The second kappa shape index (κ2) is 9.52. The molecule has 0 saturated carbocycles. The molecular formula is C22H22BrN3O3. The van der Waals surface area contributed by atoms with E-state index in [0.29, 0.717) is 5.69 Å². The molecule has 0 aliphatic heterocycles. The van der Waals surface area contributed by atoms with Crippen LogP contribution < -0.4 is 5.32 Å². The average Bonchev–Trinajstić information content (AvgIpc) is 3.23. The van der Waals surface area contributed by atoms with Crippen molar-refractivity contribution in [3.05, 3.63) is 69.8 Å². The molecule has 0 bridgehead atoms. The van der Waals surface area contributed by atoms with E-state index >= 15 is 0 Å². The summed E-state index contributed by atoms with van der Waals surface area (Å²) < 4.78 is 6.10. The lowest BCUT2D eigenvalue weighted by Gasteiger charge is -2.14. The molecule has 0 unspecified atom stereocenters. The van der Waals surface area contributed by atoms with Gasteiger partial charge in [0.15, 0.2) is 6.61 Å². The first-order valence-corrected chi connectivity index (χ1v) is 10.2. The smallest absolute Gasteiger partial charge is 0.356 e. The molecule has 6 nitrogen and oxygen atoms in total. The molecule has 3 aromatic rings. The molecule has 29 heavy (non-hydrogen) atoms. The Bertz CT molecular complexity index is 990. The number of ether oxygens (including phenoxy) is 1. The van der Waals surface area contributed by atoms with Gasteiger partial charge in [-0.1, -0.05) is 60.1 Å². The van der Waals surface area contributed by atoms with Crippen LogP contribution in [0, 0.1) is 0 Å². The van der Waals surface area contributed by atoms with Crippen LogP contribution >= 0.6 is 15.9 Å². The summed E-state index contributed by atoms with van der Waals surface area (Å²) in [6.07, 6.45) is 1.60. The number of carbonyl (C=O) groups excluding carboxylic acids is 2. The van der Waals surface area contributed by atoms with Gasteiger partial charge in [0, 0.05) is 15.7 Å². The minimum absolute atomic E-state index is 0.193. The van der Waals surface area contributed by atoms with Crippen LogP contribution in [0.4, 0.5) is 5.69 Å². The number of aromatic amines is 1. The van der Waals surface area contributed by atoms with Crippen LogP contribution in [0.3, 0.4) is 0 Å². The molecule has 150 valence electrons. The fourth-order valence-electron chi connectivity index (χ4n) is 2.98. The Kier molecular flexibility index (Phi) is 6.82. The highest BCUT2D eigenvalue weighted by molar-refractivity contribution is 9.10. The minimum atomic E-state index is -0.629. The van der Waals surface area contributed by atoms with Crippen molar-refractivity contribution in [2.45, 2.75) is 26.7 Å². The van der Waals surface area contributed by atoms with Crippen LogP contribution in [0.25, 0.3) is 11.3 Å². The molecule has 0 aliphatic rings. The molecule has 0 atom stereocenters. The van der Waals surface area contributed by atoms with E-state index in [4.69, 9.17) is 4.74 Å². The highest BCUT2D eigenvalue weighted by Crippen LogP contribution is 2.23. The van der Waals surface area contributed by atoms with Gasteiger partial charge in [-0.15, -0.1) is 0 Å². The Morgan fingerprint density at radius 3 is 2.34 bits per heavy atom. The number of para-hydroxylation sites is 1. The number of esters is 1. The molecular weight excluding hydrogens is 434 g/mol. The van der Waals surface area contributed by atoms with Crippen molar-refractivity contribution in [1.29, 1.82) is 0 Å². The van der Waals surface area contributed by atoms with E-state index in [1.165, 1.54) is 0 Å². The van der Waals surface area contributed by atoms with E-state index in [1.54, 1.807) is 6.07 Å². The second-order valence-corrected chi connectivity index (χ2v) is 7.37. The standard InChI is InChI=1S/C22H22BrN3O3/c1-3-14-6-5-7-15(4-2)21(14)24-20(27)13-29-22(28)19-12-18(25-26-19)16-8-10-17(23)11-9-16/h5-12H,3-4,13H2,1-2H3,(H,24,27)(H,25,26). The van der Waals surface area contributed by atoms with E-state index < -0.39 is 5.97 Å². The molecule has 0 saturated heterocycles. The topological polar surface area (TPSA) is 84.1 Å². The number of hydrogen-bond donors (Lipinski definition) is 2. The van der Waals surface area contributed by atoms with Crippen molar-refractivity contribution < 1.29 is 14.3 Å².